The summed E-state index contributed by atoms with van der Waals surface area (Å²) in [5.74, 6) is -0.417. The van der Waals surface area contributed by atoms with Crippen molar-refractivity contribution in [3.05, 3.63) is 11.3 Å². The highest BCUT2D eigenvalue weighted by Gasteiger charge is 2.20. The third-order valence-electron chi connectivity index (χ3n) is 2.49. The molecule has 2 N–H and O–H groups in total. The molecule has 6 nitrogen and oxygen atoms in total. The fourth-order valence-corrected chi connectivity index (χ4v) is 2.51. The second kappa shape index (κ2) is 7.40. The standard InChI is InChI=1S/C14H23N3O3S/c1-6-20-13(19)11-9(2)17-21-12(11)15-8-7-10(18)16-14(3,4)5/h15H,6-8H2,1-5H3,(H,16,18). The first-order valence-electron chi connectivity index (χ1n) is 6.93. The average molecular weight is 313 g/mol. The molecule has 1 aromatic heterocycles. The number of aryl methyl sites for hydroxylation is 1. The zero-order chi connectivity index (χ0) is 16.0. The molecule has 0 radical (unpaired) electrons. The average Bonchev–Trinajstić information content (AvgIpc) is 2.68. The maximum atomic E-state index is 11.9. The van der Waals surface area contributed by atoms with Crippen molar-refractivity contribution >= 4 is 28.4 Å². The largest absolute Gasteiger partial charge is 0.462 e. The lowest BCUT2D eigenvalue weighted by molar-refractivity contribution is -0.122. The molecule has 0 aromatic carbocycles. The van der Waals surface area contributed by atoms with Crippen molar-refractivity contribution in [2.24, 2.45) is 0 Å². The molecular weight excluding hydrogens is 290 g/mol. The van der Waals surface area contributed by atoms with Crippen LogP contribution in [0.5, 0.6) is 0 Å². The van der Waals surface area contributed by atoms with E-state index in [2.05, 4.69) is 15.0 Å². The van der Waals surface area contributed by atoms with E-state index >= 15 is 0 Å². The number of aromatic nitrogens is 1. The molecule has 0 saturated carbocycles. The Kier molecular flexibility index (Phi) is 6.14. The number of nitrogens with one attached hydrogen (secondary N) is 2. The first-order chi connectivity index (χ1) is 9.74. The molecule has 0 spiro atoms. The van der Waals surface area contributed by atoms with Gasteiger partial charge < -0.3 is 15.4 Å². The molecule has 0 aliphatic carbocycles. The van der Waals surface area contributed by atoms with E-state index in [1.165, 1.54) is 11.5 Å². The number of amides is 1. The van der Waals surface area contributed by atoms with E-state index in [-0.39, 0.29) is 17.4 Å². The van der Waals surface area contributed by atoms with Gasteiger partial charge in [-0.1, -0.05) is 0 Å². The van der Waals surface area contributed by atoms with E-state index in [1.54, 1.807) is 13.8 Å². The lowest BCUT2D eigenvalue weighted by Crippen LogP contribution is -2.41. The summed E-state index contributed by atoms with van der Waals surface area (Å²) in [6.45, 7) is 10.1. The van der Waals surface area contributed by atoms with Crippen LogP contribution < -0.4 is 10.6 Å². The summed E-state index contributed by atoms with van der Waals surface area (Å²) in [4.78, 5) is 23.6. The number of ether oxygens (including phenoxy) is 1. The normalized spacial score (nSPS) is 11.1. The van der Waals surface area contributed by atoms with Gasteiger partial charge in [0, 0.05) is 18.5 Å². The predicted octanol–water partition coefficient (Wildman–Crippen LogP) is 2.34. The number of hydrogen-bond donors (Lipinski definition) is 2. The van der Waals surface area contributed by atoms with Crippen LogP contribution in [-0.4, -0.2) is 34.9 Å². The molecule has 1 aromatic rings. The predicted molar refractivity (Wildman–Crippen MR) is 83.8 cm³/mol. The van der Waals surface area contributed by atoms with Gasteiger partial charge in [-0.25, -0.2) is 4.79 Å². The molecule has 0 aliphatic heterocycles. The van der Waals surface area contributed by atoms with Gasteiger partial charge in [-0.05, 0) is 46.2 Å². The molecule has 1 rings (SSSR count). The Hall–Kier alpha value is -1.63. The van der Waals surface area contributed by atoms with Crippen molar-refractivity contribution in [1.82, 2.24) is 9.69 Å². The molecule has 21 heavy (non-hydrogen) atoms. The van der Waals surface area contributed by atoms with Gasteiger partial charge in [0.2, 0.25) is 5.91 Å². The molecule has 0 fully saturated rings. The van der Waals surface area contributed by atoms with Crippen LogP contribution >= 0.6 is 11.5 Å². The molecule has 0 atom stereocenters. The molecule has 1 heterocycles. The number of esters is 1. The van der Waals surface area contributed by atoms with Crippen molar-refractivity contribution in [3.8, 4) is 0 Å². The van der Waals surface area contributed by atoms with Gasteiger partial charge in [-0.15, -0.1) is 0 Å². The van der Waals surface area contributed by atoms with Crippen molar-refractivity contribution in [3.63, 3.8) is 0 Å². The molecular formula is C14H23N3O3S. The van der Waals surface area contributed by atoms with Crippen LogP contribution in [0.3, 0.4) is 0 Å². The number of hydrogen-bond acceptors (Lipinski definition) is 6. The van der Waals surface area contributed by atoms with Crippen molar-refractivity contribution in [2.45, 2.75) is 46.6 Å². The molecule has 0 saturated heterocycles. The molecule has 0 unspecified atom stereocenters. The van der Waals surface area contributed by atoms with Crippen molar-refractivity contribution in [2.75, 3.05) is 18.5 Å². The van der Waals surface area contributed by atoms with E-state index in [0.29, 0.717) is 35.8 Å². The lowest BCUT2D eigenvalue weighted by atomic mass is 10.1. The molecule has 1 amide bonds. The van der Waals surface area contributed by atoms with Crippen LogP contribution in [0.15, 0.2) is 0 Å². The van der Waals surface area contributed by atoms with E-state index < -0.39 is 0 Å². The second-order valence-electron chi connectivity index (χ2n) is 5.67. The van der Waals surface area contributed by atoms with Gasteiger partial charge >= 0.3 is 5.97 Å². The van der Waals surface area contributed by atoms with Crippen molar-refractivity contribution in [1.29, 1.82) is 0 Å². The summed E-state index contributed by atoms with van der Waals surface area (Å²) in [5.41, 5.74) is 0.854. The van der Waals surface area contributed by atoms with E-state index in [0.717, 1.165) is 0 Å². The Morgan fingerprint density at radius 1 is 1.33 bits per heavy atom. The Labute approximate surface area is 129 Å². The molecule has 0 bridgehead atoms. The first-order valence-corrected chi connectivity index (χ1v) is 7.70. The Balaban J connectivity index is 2.57. The number of anilines is 1. The quantitative estimate of drug-likeness (QED) is 0.788. The Bertz CT molecular complexity index is 506. The van der Waals surface area contributed by atoms with Gasteiger partial charge in [-0.2, -0.15) is 4.37 Å². The molecule has 0 aliphatic rings. The van der Waals surface area contributed by atoms with Gasteiger partial charge in [0.1, 0.15) is 10.6 Å². The molecule has 7 heteroatoms. The third kappa shape index (κ3) is 5.71. The van der Waals surface area contributed by atoms with Crippen LogP contribution in [0.2, 0.25) is 0 Å². The number of rotatable bonds is 6. The van der Waals surface area contributed by atoms with Crippen LogP contribution in [0.1, 0.15) is 50.2 Å². The van der Waals surface area contributed by atoms with E-state index in [1.807, 2.05) is 20.8 Å². The highest BCUT2D eigenvalue weighted by molar-refractivity contribution is 7.10. The zero-order valence-corrected chi connectivity index (χ0v) is 14.0. The summed E-state index contributed by atoms with van der Waals surface area (Å²) in [6, 6.07) is 0. The summed E-state index contributed by atoms with van der Waals surface area (Å²) >= 11 is 1.20. The SMILES string of the molecule is CCOC(=O)c1c(C)nsc1NCCC(=O)NC(C)(C)C. The van der Waals surface area contributed by atoms with Crippen LogP contribution in [0.4, 0.5) is 5.00 Å². The van der Waals surface area contributed by atoms with E-state index in [9.17, 15) is 9.59 Å². The van der Waals surface area contributed by atoms with Crippen LogP contribution in [-0.2, 0) is 9.53 Å². The summed E-state index contributed by atoms with van der Waals surface area (Å²) in [5, 5.41) is 6.62. The number of nitrogens with zero attached hydrogens (tertiary/aromatic N) is 1. The Morgan fingerprint density at radius 3 is 2.57 bits per heavy atom. The topological polar surface area (TPSA) is 80.3 Å². The zero-order valence-electron chi connectivity index (χ0n) is 13.2. The van der Waals surface area contributed by atoms with Gasteiger partial charge in [0.15, 0.2) is 0 Å². The monoisotopic (exact) mass is 313 g/mol. The smallest absolute Gasteiger partial charge is 0.343 e. The lowest BCUT2D eigenvalue weighted by Gasteiger charge is -2.20. The maximum absolute atomic E-state index is 11.9. The summed E-state index contributed by atoms with van der Waals surface area (Å²) in [6.07, 6.45) is 0.330. The third-order valence-corrected chi connectivity index (χ3v) is 3.39. The van der Waals surface area contributed by atoms with E-state index in [4.69, 9.17) is 4.74 Å². The van der Waals surface area contributed by atoms with Gasteiger partial charge in [0.05, 0.1) is 12.3 Å². The number of carbonyl (C=O) groups excluding carboxylic acids is 2. The van der Waals surface area contributed by atoms with Crippen LogP contribution in [0, 0.1) is 6.92 Å². The van der Waals surface area contributed by atoms with Crippen molar-refractivity contribution < 1.29 is 14.3 Å². The molecule has 118 valence electrons. The second-order valence-corrected chi connectivity index (χ2v) is 6.44. The number of carbonyl (C=O) groups is 2. The summed E-state index contributed by atoms with van der Waals surface area (Å²) < 4.78 is 9.16. The maximum Gasteiger partial charge on any atom is 0.343 e. The fourth-order valence-electron chi connectivity index (χ4n) is 1.70. The fraction of sp³-hybridized carbons (Fsp3) is 0.643. The minimum absolute atomic E-state index is 0.0334. The minimum atomic E-state index is -0.384. The first kappa shape index (κ1) is 17.4. The van der Waals surface area contributed by atoms with Gasteiger partial charge in [-0.3, -0.25) is 4.79 Å². The van der Waals surface area contributed by atoms with Gasteiger partial charge in [0.25, 0.3) is 0 Å². The summed E-state index contributed by atoms with van der Waals surface area (Å²) in [7, 11) is 0. The minimum Gasteiger partial charge on any atom is -0.462 e. The highest BCUT2D eigenvalue weighted by Crippen LogP contribution is 2.25. The van der Waals surface area contributed by atoms with Crippen LogP contribution in [0.25, 0.3) is 0 Å². The Morgan fingerprint density at radius 2 is 2.00 bits per heavy atom. The highest BCUT2D eigenvalue weighted by atomic mass is 32.1.